The van der Waals surface area contributed by atoms with Gasteiger partial charge in [0.15, 0.2) is 6.61 Å². The van der Waals surface area contributed by atoms with E-state index in [-0.39, 0.29) is 17.4 Å². The second-order valence-corrected chi connectivity index (χ2v) is 9.65. The molecule has 0 bridgehead atoms. The monoisotopic (exact) mass is 453 g/mol. The predicted molar refractivity (Wildman–Crippen MR) is 125 cm³/mol. The zero-order valence-corrected chi connectivity index (χ0v) is 18.8. The van der Waals surface area contributed by atoms with Crippen LogP contribution in [0.1, 0.15) is 6.92 Å². The maximum absolute atomic E-state index is 12.9. The van der Waals surface area contributed by atoms with E-state index in [4.69, 9.17) is 4.74 Å². The number of nitrogens with one attached hydrogen (secondary N) is 1. The van der Waals surface area contributed by atoms with E-state index in [2.05, 4.69) is 17.1 Å². The SMILES string of the molecule is CCN1CCN(S(=O)(=O)c2ccc(NC(=O)COc3ccc4ccccc4c3)cc2)CC1. The minimum atomic E-state index is -3.53. The zero-order chi connectivity index (χ0) is 22.6. The highest BCUT2D eigenvalue weighted by Crippen LogP contribution is 2.22. The molecule has 1 fully saturated rings. The van der Waals surface area contributed by atoms with Crippen LogP contribution in [0.2, 0.25) is 0 Å². The van der Waals surface area contributed by atoms with Gasteiger partial charge in [-0.15, -0.1) is 0 Å². The van der Waals surface area contributed by atoms with Crippen LogP contribution in [0.3, 0.4) is 0 Å². The van der Waals surface area contributed by atoms with Gasteiger partial charge in [-0.25, -0.2) is 8.42 Å². The van der Waals surface area contributed by atoms with Crippen molar-refractivity contribution in [1.82, 2.24) is 9.21 Å². The smallest absolute Gasteiger partial charge is 0.262 e. The highest BCUT2D eigenvalue weighted by atomic mass is 32.2. The summed E-state index contributed by atoms with van der Waals surface area (Å²) in [7, 11) is -3.53. The first-order valence-corrected chi connectivity index (χ1v) is 12.1. The van der Waals surface area contributed by atoms with E-state index >= 15 is 0 Å². The molecule has 8 heteroatoms. The van der Waals surface area contributed by atoms with Crippen molar-refractivity contribution in [2.45, 2.75) is 11.8 Å². The third kappa shape index (κ3) is 5.09. The summed E-state index contributed by atoms with van der Waals surface area (Å²) >= 11 is 0. The van der Waals surface area contributed by atoms with Gasteiger partial charge >= 0.3 is 0 Å². The molecule has 1 aliphatic heterocycles. The van der Waals surface area contributed by atoms with Crippen molar-refractivity contribution >= 4 is 32.4 Å². The summed E-state index contributed by atoms with van der Waals surface area (Å²) < 4.78 is 32.9. The number of benzene rings is 3. The molecule has 3 aromatic rings. The Hall–Kier alpha value is -2.94. The molecule has 0 saturated carbocycles. The zero-order valence-electron chi connectivity index (χ0n) is 18.0. The van der Waals surface area contributed by atoms with Gasteiger partial charge in [-0.2, -0.15) is 4.31 Å². The van der Waals surface area contributed by atoms with E-state index in [1.807, 2.05) is 42.5 Å². The van der Waals surface area contributed by atoms with E-state index in [0.717, 1.165) is 30.4 Å². The quantitative estimate of drug-likeness (QED) is 0.595. The van der Waals surface area contributed by atoms with E-state index in [0.29, 0.717) is 24.5 Å². The number of amides is 1. The molecular weight excluding hydrogens is 426 g/mol. The van der Waals surface area contributed by atoms with Gasteiger partial charge in [0.05, 0.1) is 4.90 Å². The maximum Gasteiger partial charge on any atom is 0.262 e. The Bertz CT molecular complexity index is 1190. The largest absolute Gasteiger partial charge is 0.484 e. The van der Waals surface area contributed by atoms with Gasteiger partial charge in [0.1, 0.15) is 5.75 Å². The lowest BCUT2D eigenvalue weighted by Gasteiger charge is -2.33. The molecule has 7 nitrogen and oxygen atoms in total. The topological polar surface area (TPSA) is 79.0 Å². The Morgan fingerprint density at radius 2 is 1.62 bits per heavy atom. The van der Waals surface area contributed by atoms with Crippen LogP contribution in [-0.2, 0) is 14.8 Å². The normalized spacial score (nSPS) is 15.5. The average Bonchev–Trinajstić information content (AvgIpc) is 2.83. The van der Waals surface area contributed by atoms with Gasteiger partial charge in [-0.05, 0) is 53.7 Å². The van der Waals surface area contributed by atoms with E-state index in [9.17, 15) is 13.2 Å². The van der Waals surface area contributed by atoms with Gasteiger partial charge in [0, 0.05) is 31.9 Å². The van der Waals surface area contributed by atoms with Crippen molar-refractivity contribution in [3.63, 3.8) is 0 Å². The number of hydrogen-bond acceptors (Lipinski definition) is 5. The Kier molecular flexibility index (Phi) is 6.74. The van der Waals surface area contributed by atoms with Gasteiger partial charge in [0.25, 0.3) is 5.91 Å². The molecule has 32 heavy (non-hydrogen) atoms. The standard InChI is InChI=1S/C24H27N3O4S/c1-2-26-13-15-27(16-14-26)32(29,30)23-11-8-21(9-12-23)25-24(28)18-31-22-10-7-19-5-3-4-6-20(19)17-22/h3-12,17H,2,13-16,18H2,1H3,(H,25,28). The van der Waals surface area contributed by atoms with Crippen LogP contribution in [0, 0.1) is 0 Å². The Morgan fingerprint density at radius 3 is 2.31 bits per heavy atom. The number of hydrogen-bond donors (Lipinski definition) is 1. The summed E-state index contributed by atoms with van der Waals surface area (Å²) in [6.07, 6.45) is 0. The molecule has 0 unspecified atom stereocenters. The number of anilines is 1. The molecular formula is C24H27N3O4S. The van der Waals surface area contributed by atoms with Crippen molar-refractivity contribution in [3.8, 4) is 5.75 Å². The lowest BCUT2D eigenvalue weighted by Crippen LogP contribution is -2.48. The number of rotatable bonds is 7. The van der Waals surface area contributed by atoms with Crippen LogP contribution in [0.15, 0.2) is 71.6 Å². The molecule has 0 aliphatic carbocycles. The van der Waals surface area contributed by atoms with Crippen molar-refractivity contribution in [3.05, 3.63) is 66.7 Å². The molecule has 3 aromatic carbocycles. The summed E-state index contributed by atoms with van der Waals surface area (Å²) in [5.74, 6) is 0.299. The number of ether oxygens (including phenoxy) is 1. The number of sulfonamides is 1. The van der Waals surface area contributed by atoms with Crippen LogP contribution in [0.25, 0.3) is 10.8 Å². The van der Waals surface area contributed by atoms with Crippen LogP contribution >= 0.6 is 0 Å². The van der Waals surface area contributed by atoms with Crippen molar-refractivity contribution in [2.24, 2.45) is 0 Å². The summed E-state index contributed by atoms with van der Waals surface area (Å²) in [6.45, 7) is 5.31. The summed E-state index contributed by atoms with van der Waals surface area (Å²) in [6, 6.07) is 19.9. The fourth-order valence-corrected chi connectivity index (χ4v) is 5.17. The van der Waals surface area contributed by atoms with Crippen LogP contribution in [0.5, 0.6) is 5.75 Å². The van der Waals surface area contributed by atoms with E-state index in [1.54, 1.807) is 12.1 Å². The predicted octanol–water partition coefficient (Wildman–Crippen LogP) is 3.18. The van der Waals surface area contributed by atoms with Crippen LogP contribution in [-0.4, -0.2) is 62.9 Å². The first kappa shape index (κ1) is 22.3. The second kappa shape index (κ2) is 9.68. The molecule has 4 rings (SSSR count). The molecule has 1 N–H and O–H groups in total. The van der Waals surface area contributed by atoms with Gasteiger partial charge in [0.2, 0.25) is 10.0 Å². The number of carbonyl (C=O) groups excluding carboxylic acids is 1. The Labute approximate surface area is 188 Å². The third-order valence-corrected chi connectivity index (χ3v) is 7.56. The van der Waals surface area contributed by atoms with Crippen molar-refractivity contribution in [1.29, 1.82) is 0 Å². The van der Waals surface area contributed by atoms with Gasteiger partial charge in [-0.1, -0.05) is 37.3 Å². The van der Waals surface area contributed by atoms with Crippen molar-refractivity contribution in [2.75, 3.05) is 44.6 Å². The Morgan fingerprint density at radius 1 is 0.938 bits per heavy atom. The summed E-state index contributed by atoms with van der Waals surface area (Å²) in [5.41, 5.74) is 0.520. The first-order valence-electron chi connectivity index (χ1n) is 10.7. The molecule has 168 valence electrons. The molecule has 1 amide bonds. The minimum absolute atomic E-state index is 0.139. The molecule has 0 aromatic heterocycles. The average molecular weight is 454 g/mol. The number of nitrogens with zero attached hydrogens (tertiary/aromatic N) is 2. The van der Waals surface area contributed by atoms with Crippen LogP contribution < -0.4 is 10.1 Å². The minimum Gasteiger partial charge on any atom is -0.484 e. The lowest BCUT2D eigenvalue weighted by molar-refractivity contribution is -0.118. The molecule has 1 saturated heterocycles. The fraction of sp³-hybridized carbons (Fsp3) is 0.292. The lowest BCUT2D eigenvalue weighted by atomic mass is 10.1. The maximum atomic E-state index is 12.9. The second-order valence-electron chi connectivity index (χ2n) is 7.71. The van der Waals surface area contributed by atoms with Crippen molar-refractivity contribution < 1.29 is 17.9 Å². The molecule has 0 radical (unpaired) electrons. The highest BCUT2D eigenvalue weighted by Gasteiger charge is 2.27. The number of piperazine rings is 1. The Balaban J connectivity index is 1.33. The third-order valence-electron chi connectivity index (χ3n) is 5.65. The number of carbonyl (C=O) groups is 1. The van der Waals surface area contributed by atoms with Crippen LogP contribution in [0.4, 0.5) is 5.69 Å². The van der Waals surface area contributed by atoms with E-state index < -0.39 is 10.0 Å². The van der Waals surface area contributed by atoms with E-state index in [1.165, 1.54) is 16.4 Å². The van der Waals surface area contributed by atoms with Gasteiger partial charge in [-0.3, -0.25) is 4.79 Å². The number of fused-ring (bicyclic) bond motifs is 1. The van der Waals surface area contributed by atoms with Gasteiger partial charge < -0.3 is 15.0 Å². The molecule has 1 heterocycles. The fourth-order valence-electron chi connectivity index (χ4n) is 3.75. The molecule has 0 atom stereocenters. The summed E-state index contributed by atoms with van der Waals surface area (Å²) in [4.78, 5) is 14.7. The molecule has 0 spiro atoms. The summed E-state index contributed by atoms with van der Waals surface area (Å²) in [5, 5.41) is 4.89. The number of likely N-dealkylation sites (N-methyl/N-ethyl adjacent to an activating group) is 1. The first-order chi connectivity index (χ1) is 15.5. The highest BCUT2D eigenvalue weighted by molar-refractivity contribution is 7.89. The molecule has 1 aliphatic rings.